The molecule has 0 spiro atoms. The zero-order valence-corrected chi connectivity index (χ0v) is 16.1. The molecule has 0 saturated carbocycles. The number of carbonyl (C=O) groups excluding carboxylic acids is 2. The summed E-state index contributed by atoms with van der Waals surface area (Å²) in [4.78, 5) is 34.5. The Morgan fingerprint density at radius 1 is 1.14 bits per heavy atom. The van der Waals surface area contributed by atoms with E-state index in [2.05, 4.69) is 15.3 Å². The Morgan fingerprint density at radius 3 is 2.64 bits per heavy atom. The van der Waals surface area contributed by atoms with Crippen molar-refractivity contribution < 1.29 is 9.59 Å². The molecule has 4 rings (SSSR count). The predicted octanol–water partition coefficient (Wildman–Crippen LogP) is 3.30. The Kier molecular flexibility index (Phi) is 5.43. The molecule has 2 amide bonds. The Hall–Kier alpha value is -3.06. The smallest absolute Gasteiger partial charge is 0.251 e. The SMILES string of the molecule is O=C(NCCc1csc(-c2ccncc2)n1)c1ccc(N2CCCC2=O)cc1. The summed E-state index contributed by atoms with van der Waals surface area (Å²) in [6.07, 6.45) is 5.67. The van der Waals surface area contributed by atoms with Gasteiger partial charge in [-0.3, -0.25) is 14.6 Å². The lowest BCUT2D eigenvalue weighted by molar-refractivity contribution is -0.117. The first-order chi connectivity index (χ1) is 13.7. The van der Waals surface area contributed by atoms with Crippen molar-refractivity contribution in [3.63, 3.8) is 0 Å². The molecule has 0 unspecified atom stereocenters. The van der Waals surface area contributed by atoms with Crippen LogP contribution in [0.25, 0.3) is 10.6 Å². The fourth-order valence-electron chi connectivity index (χ4n) is 3.17. The molecule has 0 bridgehead atoms. The van der Waals surface area contributed by atoms with Gasteiger partial charge in [-0.25, -0.2) is 4.98 Å². The number of aromatic nitrogens is 2. The summed E-state index contributed by atoms with van der Waals surface area (Å²) in [6, 6.07) is 11.1. The summed E-state index contributed by atoms with van der Waals surface area (Å²) in [7, 11) is 0. The van der Waals surface area contributed by atoms with Gasteiger partial charge >= 0.3 is 0 Å². The van der Waals surface area contributed by atoms with E-state index in [1.54, 1.807) is 40.8 Å². The zero-order chi connectivity index (χ0) is 19.3. The van der Waals surface area contributed by atoms with Gasteiger partial charge in [0.2, 0.25) is 5.91 Å². The van der Waals surface area contributed by atoms with Crippen LogP contribution in [0.1, 0.15) is 28.9 Å². The van der Waals surface area contributed by atoms with Crippen LogP contribution in [-0.2, 0) is 11.2 Å². The average Bonchev–Trinajstić information content (AvgIpc) is 3.38. The van der Waals surface area contributed by atoms with E-state index in [0.717, 1.165) is 34.9 Å². The van der Waals surface area contributed by atoms with Crippen molar-refractivity contribution in [3.05, 3.63) is 65.4 Å². The largest absolute Gasteiger partial charge is 0.352 e. The van der Waals surface area contributed by atoms with E-state index in [0.29, 0.717) is 24.9 Å². The Morgan fingerprint density at radius 2 is 1.93 bits per heavy atom. The number of nitrogens with one attached hydrogen (secondary N) is 1. The number of hydrogen-bond donors (Lipinski definition) is 1. The first-order valence-corrected chi connectivity index (χ1v) is 10.1. The highest BCUT2D eigenvalue weighted by Gasteiger charge is 2.21. The fourth-order valence-corrected chi connectivity index (χ4v) is 4.03. The third-order valence-electron chi connectivity index (χ3n) is 4.66. The van der Waals surface area contributed by atoms with Crippen LogP contribution in [-0.4, -0.2) is 34.9 Å². The molecule has 1 N–H and O–H groups in total. The second-order valence-corrected chi connectivity index (χ2v) is 7.44. The summed E-state index contributed by atoms with van der Waals surface area (Å²) in [6.45, 7) is 1.27. The number of hydrogen-bond acceptors (Lipinski definition) is 5. The molecule has 28 heavy (non-hydrogen) atoms. The van der Waals surface area contributed by atoms with Crippen molar-refractivity contribution in [2.45, 2.75) is 19.3 Å². The maximum atomic E-state index is 12.3. The highest BCUT2D eigenvalue weighted by Crippen LogP contribution is 2.23. The van der Waals surface area contributed by atoms with Gasteiger partial charge in [-0.15, -0.1) is 11.3 Å². The van der Waals surface area contributed by atoms with Gasteiger partial charge in [-0.05, 0) is 42.8 Å². The standard InChI is InChI=1S/C21H20N4O2S/c26-19-2-1-13-25(19)18-5-3-15(4-6-18)20(27)23-12-9-17-14-28-21(24-17)16-7-10-22-11-8-16/h3-8,10-11,14H,1-2,9,12-13H2,(H,23,27). The normalized spacial score (nSPS) is 13.7. The van der Waals surface area contributed by atoms with Crippen LogP contribution in [0.4, 0.5) is 5.69 Å². The molecule has 0 radical (unpaired) electrons. The van der Waals surface area contributed by atoms with E-state index in [1.165, 1.54) is 0 Å². The van der Waals surface area contributed by atoms with Crippen molar-refractivity contribution in [1.29, 1.82) is 0 Å². The van der Waals surface area contributed by atoms with E-state index in [-0.39, 0.29) is 11.8 Å². The minimum atomic E-state index is -0.121. The Bertz CT molecular complexity index is 970. The molecule has 6 nitrogen and oxygen atoms in total. The molecule has 1 aliphatic heterocycles. The summed E-state index contributed by atoms with van der Waals surface area (Å²) < 4.78 is 0. The lowest BCUT2D eigenvalue weighted by Gasteiger charge is -2.15. The van der Waals surface area contributed by atoms with Crippen LogP contribution in [0.5, 0.6) is 0 Å². The predicted molar refractivity (Wildman–Crippen MR) is 109 cm³/mol. The summed E-state index contributed by atoms with van der Waals surface area (Å²) in [5.74, 6) is 0.0236. The monoisotopic (exact) mass is 392 g/mol. The Balaban J connectivity index is 1.30. The maximum Gasteiger partial charge on any atom is 0.251 e. The van der Waals surface area contributed by atoms with Crippen LogP contribution in [0.15, 0.2) is 54.2 Å². The van der Waals surface area contributed by atoms with E-state index in [1.807, 2.05) is 29.6 Å². The summed E-state index contributed by atoms with van der Waals surface area (Å²) in [5, 5.41) is 5.90. The molecule has 1 saturated heterocycles. The Labute approximate surface area is 167 Å². The average molecular weight is 392 g/mol. The van der Waals surface area contributed by atoms with Crippen molar-refractivity contribution in [2.24, 2.45) is 0 Å². The van der Waals surface area contributed by atoms with Gasteiger partial charge in [-0.1, -0.05) is 0 Å². The van der Waals surface area contributed by atoms with Crippen LogP contribution in [0, 0.1) is 0 Å². The molecule has 3 aromatic rings. The van der Waals surface area contributed by atoms with E-state index >= 15 is 0 Å². The van der Waals surface area contributed by atoms with Gasteiger partial charge in [-0.2, -0.15) is 0 Å². The third kappa shape index (κ3) is 4.09. The minimum Gasteiger partial charge on any atom is -0.352 e. The molecule has 3 heterocycles. The van der Waals surface area contributed by atoms with Crippen LogP contribution >= 0.6 is 11.3 Å². The van der Waals surface area contributed by atoms with Gasteiger partial charge in [0.15, 0.2) is 0 Å². The molecule has 1 aromatic carbocycles. The topological polar surface area (TPSA) is 75.2 Å². The molecular formula is C21H20N4O2S. The highest BCUT2D eigenvalue weighted by molar-refractivity contribution is 7.13. The van der Waals surface area contributed by atoms with E-state index in [9.17, 15) is 9.59 Å². The first kappa shape index (κ1) is 18.3. The van der Waals surface area contributed by atoms with Crippen LogP contribution in [0.2, 0.25) is 0 Å². The molecule has 1 aliphatic rings. The van der Waals surface area contributed by atoms with Crippen molar-refractivity contribution in [3.8, 4) is 10.6 Å². The number of nitrogens with zero attached hydrogens (tertiary/aromatic N) is 3. The molecule has 1 fully saturated rings. The molecule has 7 heteroatoms. The number of thiazole rings is 1. The number of rotatable bonds is 6. The second-order valence-electron chi connectivity index (χ2n) is 6.58. The lowest BCUT2D eigenvalue weighted by atomic mass is 10.2. The maximum absolute atomic E-state index is 12.3. The van der Waals surface area contributed by atoms with Crippen LogP contribution < -0.4 is 10.2 Å². The number of amides is 2. The molecule has 0 atom stereocenters. The molecule has 0 aliphatic carbocycles. The van der Waals surface area contributed by atoms with Crippen LogP contribution in [0.3, 0.4) is 0 Å². The number of anilines is 1. The highest BCUT2D eigenvalue weighted by atomic mass is 32.1. The number of carbonyl (C=O) groups is 2. The minimum absolute atomic E-state index is 0.121. The molecule has 142 valence electrons. The van der Waals surface area contributed by atoms with Crippen molar-refractivity contribution in [2.75, 3.05) is 18.0 Å². The second kappa shape index (κ2) is 8.31. The van der Waals surface area contributed by atoms with E-state index < -0.39 is 0 Å². The van der Waals surface area contributed by atoms with Crippen molar-refractivity contribution >= 4 is 28.8 Å². The lowest BCUT2D eigenvalue weighted by Crippen LogP contribution is -2.26. The van der Waals surface area contributed by atoms with E-state index in [4.69, 9.17) is 0 Å². The first-order valence-electron chi connectivity index (χ1n) is 9.24. The van der Waals surface area contributed by atoms with Gasteiger partial charge in [0.25, 0.3) is 5.91 Å². The van der Waals surface area contributed by atoms with Gasteiger partial charge in [0.05, 0.1) is 5.69 Å². The third-order valence-corrected chi connectivity index (χ3v) is 5.60. The zero-order valence-electron chi connectivity index (χ0n) is 15.3. The number of pyridine rings is 1. The van der Waals surface area contributed by atoms with Gasteiger partial charge < -0.3 is 10.2 Å². The van der Waals surface area contributed by atoms with Gasteiger partial charge in [0.1, 0.15) is 5.01 Å². The summed E-state index contributed by atoms with van der Waals surface area (Å²) in [5.41, 5.74) is 3.45. The summed E-state index contributed by atoms with van der Waals surface area (Å²) >= 11 is 1.59. The van der Waals surface area contributed by atoms with Gasteiger partial charge in [0, 0.05) is 60.5 Å². The molecular weight excluding hydrogens is 372 g/mol. The number of benzene rings is 1. The van der Waals surface area contributed by atoms with Crippen molar-refractivity contribution in [1.82, 2.24) is 15.3 Å². The quantitative estimate of drug-likeness (QED) is 0.698. The molecule has 2 aromatic heterocycles. The fraction of sp³-hybridized carbons (Fsp3) is 0.238.